The normalized spacial score (nSPS) is 45.7. The number of nitrogens with zero attached hydrogens (tertiary/aromatic N) is 2. The van der Waals surface area contributed by atoms with Gasteiger partial charge in [0.2, 0.25) is 0 Å². The van der Waals surface area contributed by atoms with Gasteiger partial charge in [-0.05, 0) is 36.9 Å². The molecule has 2 bridgehead atoms. The van der Waals surface area contributed by atoms with E-state index in [2.05, 4.69) is 60.2 Å². The number of likely N-dealkylation sites (N-methyl/N-ethyl adjacent to an activating group) is 1. The van der Waals surface area contributed by atoms with Gasteiger partial charge < -0.3 is 9.64 Å². The lowest BCUT2D eigenvalue weighted by atomic mass is 9.57. The van der Waals surface area contributed by atoms with Gasteiger partial charge in [-0.1, -0.05) is 37.3 Å². The molecule has 27 heavy (non-hydrogen) atoms. The van der Waals surface area contributed by atoms with E-state index in [1.807, 2.05) is 0 Å². The first-order chi connectivity index (χ1) is 13.0. The zero-order chi connectivity index (χ0) is 18.6. The van der Waals surface area contributed by atoms with Gasteiger partial charge in [-0.15, -0.1) is 0 Å². The predicted octanol–water partition coefficient (Wildman–Crippen LogP) is 2.98. The SMILES string of the molecule is CC(=O)OC[C@@H]1C[C@@]23C=CCN4CC[C@@]5(c6ccccc6N(C)[C@@]15[C@@H]2C)[C@@H]43. The van der Waals surface area contributed by atoms with E-state index in [0.717, 1.165) is 13.0 Å². The highest BCUT2D eigenvalue weighted by Gasteiger charge is 2.85. The molecule has 2 saturated carbocycles. The summed E-state index contributed by atoms with van der Waals surface area (Å²) in [6.45, 7) is 6.81. The molecule has 4 nitrogen and oxygen atoms in total. The summed E-state index contributed by atoms with van der Waals surface area (Å²) in [5.41, 5.74) is 3.30. The van der Waals surface area contributed by atoms with Crippen LogP contribution in [0.3, 0.4) is 0 Å². The summed E-state index contributed by atoms with van der Waals surface area (Å²) in [7, 11) is 2.30. The molecule has 0 N–H and O–H groups in total. The predicted molar refractivity (Wildman–Crippen MR) is 105 cm³/mol. The standard InChI is InChI=1S/C23H28N2O2/c1-15-21-9-6-11-25-12-10-22(20(21)25)18-7-4-5-8-19(18)24(3)23(15,22)17(13-21)14-27-16(2)26/h4-9,15,17,20H,10-14H2,1-3H3/t15-,17+,20+,21+,22-,23+/m1/s1. The van der Waals surface area contributed by atoms with Crippen molar-refractivity contribution in [2.75, 3.05) is 31.6 Å². The minimum Gasteiger partial charge on any atom is -0.465 e. The van der Waals surface area contributed by atoms with Crippen LogP contribution in [0.25, 0.3) is 0 Å². The highest BCUT2D eigenvalue weighted by Crippen LogP contribution is 2.80. The lowest BCUT2D eigenvalue weighted by Crippen LogP contribution is -2.65. The number of carbonyl (C=O) groups excluding carboxylic acids is 1. The van der Waals surface area contributed by atoms with Crippen molar-refractivity contribution in [2.24, 2.45) is 17.3 Å². The molecular weight excluding hydrogens is 336 g/mol. The van der Waals surface area contributed by atoms with Crippen molar-refractivity contribution < 1.29 is 9.53 Å². The molecule has 3 spiro atoms. The van der Waals surface area contributed by atoms with E-state index in [0.29, 0.717) is 24.5 Å². The Labute approximate surface area is 161 Å². The van der Waals surface area contributed by atoms with E-state index in [1.165, 1.54) is 31.1 Å². The van der Waals surface area contributed by atoms with Gasteiger partial charge in [0.05, 0.1) is 12.1 Å². The van der Waals surface area contributed by atoms with Gasteiger partial charge in [0.1, 0.15) is 0 Å². The van der Waals surface area contributed by atoms with Crippen molar-refractivity contribution >= 4 is 11.7 Å². The molecular formula is C23H28N2O2. The van der Waals surface area contributed by atoms with Gasteiger partial charge in [-0.3, -0.25) is 9.69 Å². The number of hydrogen-bond acceptors (Lipinski definition) is 4. The van der Waals surface area contributed by atoms with Crippen molar-refractivity contribution in [3.8, 4) is 0 Å². The Morgan fingerprint density at radius 2 is 2.15 bits per heavy atom. The average Bonchev–Trinajstić information content (AvgIpc) is 3.30. The Hall–Kier alpha value is -1.81. The largest absolute Gasteiger partial charge is 0.465 e. The Bertz CT molecular complexity index is 881. The molecule has 0 amide bonds. The third-order valence-corrected chi connectivity index (χ3v) is 9.09. The highest BCUT2D eigenvalue weighted by molar-refractivity contribution is 5.73. The maximum Gasteiger partial charge on any atom is 0.302 e. The van der Waals surface area contributed by atoms with Crippen LogP contribution in [0.15, 0.2) is 36.4 Å². The number of carbonyl (C=O) groups is 1. The summed E-state index contributed by atoms with van der Waals surface area (Å²) in [4.78, 5) is 17.0. The summed E-state index contributed by atoms with van der Waals surface area (Å²) in [5, 5.41) is 0. The minimum absolute atomic E-state index is 0.0280. The lowest BCUT2D eigenvalue weighted by molar-refractivity contribution is -0.143. The Balaban J connectivity index is 1.63. The average molecular weight is 364 g/mol. The first kappa shape index (κ1) is 16.2. The number of hydrogen-bond donors (Lipinski definition) is 0. The Morgan fingerprint density at radius 3 is 2.96 bits per heavy atom. The summed E-state index contributed by atoms with van der Waals surface area (Å²) < 4.78 is 5.65. The molecule has 6 atom stereocenters. The first-order valence-electron chi connectivity index (χ1n) is 10.4. The number of anilines is 1. The summed E-state index contributed by atoms with van der Waals surface area (Å²) in [5.74, 6) is 0.746. The van der Waals surface area contributed by atoms with Crippen LogP contribution < -0.4 is 4.90 Å². The van der Waals surface area contributed by atoms with Crippen LogP contribution in [0.2, 0.25) is 0 Å². The molecule has 0 aromatic heterocycles. The van der Waals surface area contributed by atoms with Crippen molar-refractivity contribution in [3.63, 3.8) is 0 Å². The molecule has 1 aromatic rings. The van der Waals surface area contributed by atoms with Crippen LogP contribution in [0.4, 0.5) is 5.69 Å². The number of benzene rings is 1. The van der Waals surface area contributed by atoms with Crippen LogP contribution in [0.1, 0.15) is 32.3 Å². The number of rotatable bonds is 2. The second-order valence-electron chi connectivity index (χ2n) is 9.46. The fourth-order valence-corrected chi connectivity index (χ4v) is 8.75. The van der Waals surface area contributed by atoms with Gasteiger partial charge in [-0.25, -0.2) is 0 Å². The summed E-state index contributed by atoms with van der Waals surface area (Å²) in [6, 6.07) is 9.64. The van der Waals surface area contributed by atoms with E-state index in [-0.39, 0.29) is 22.3 Å². The first-order valence-corrected chi connectivity index (χ1v) is 10.4. The number of ether oxygens (including phenoxy) is 1. The number of esters is 1. The Morgan fingerprint density at radius 1 is 1.33 bits per heavy atom. The molecule has 5 aliphatic rings. The summed E-state index contributed by atoms with van der Waals surface area (Å²) >= 11 is 0. The molecule has 3 aliphatic heterocycles. The van der Waals surface area contributed by atoms with Crippen molar-refractivity contribution in [1.82, 2.24) is 4.90 Å². The molecule has 0 radical (unpaired) electrons. The second kappa shape index (κ2) is 4.78. The van der Waals surface area contributed by atoms with Crippen molar-refractivity contribution in [2.45, 2.75) is 43.7 Å². The third-order valence-electron chi connectivity index (χ3n) is 9.09. The third kappa shape index (κ3) is 1.43. The van der Waals surface area contributed by atoms with Crippen LogP contribution in [-0.2, 0) is 14.9 Å². The molecule has 4 heteroatoms. The van der Waals surface area contributed by atoms with Gasteiger partial charge in [0, 0.05) is 49.0 Å². The monoisotopic (exact) mass is 364 g/mol. The van der Waals surface area contributed by atoms with Crippen LogP contribution in [-0.4, -0.2) is 49.2 Å². The van der Waals surface area contributed by atoms with E-state index in [4.69, 9.17) is 4.74 Å². The zero-order valence-electron chi connectivity index (χ0n) is 16.4. The topological polar surface area (TPSA) is 32.8 Å². The van der Waals surface area contributed by atoms with Gasteiger partial charge in [0.25, 0.3) is 0 Å². The highest BCUT2D eigenvalue weighted by atomic mass is 16.5. The summed E-state index contributed by atoms with van der Waals surface area (Å²) in [6.07, 6.45) is 7.29. The number of fused-ring (bicyclic) bond motifs is 1. The second-order valence-corrected chi connectivity index (χ2v) is 9.46. The van der Waals surface area contributed by atoms with Crippen molar-refractivity contribution in [1.29, 1.82) is 0 Å². The maximum atomic E-state index is 11.7. The molecule has 1 saturated heterocycles. The fraction of sp³-hybridized carbons (Fsp3) is 0.609. The molecule has 142 valence electrons. The zero-order valence-corrected chi connectivity index (χ0v) is 16.4. The fourth-order valence-electron chi connectivity index (χ4n) is 8.75. The van der Waals surface area contributed by atoms with E-state index >= 15 is 0 Å². The van der Waals surface area contributed by atoms with E-state index in [1.54, 1.807) is 0 Å². The van der Waals surface area contributed by atoms with Crippen LogP contribution in [0.5, 0.6) is 0 Å². The Kier molecular flexibility index (Phi) is 2.86. The van der Waals surface area contributed by atoms with Gasteiger partial charge in [0.15, 0.2) is 0 Å². The van der Waals surface area contributed by atoms with Crippen LogP contribution in [0, 0.1) is 17.3 Å². The van der Waals surface area contributed by atoms with Crippen molar-refractivity contribution in [3.05, 3.63) is 42.0 Å². The number of para-hydroxylation sites is 1. The van der Waals surface area contributed by atoms with Gasteiger partial charge >= 0.3 is 5.97 Å². The van der Waals surface area contributed by atoms with Crippen LogP contribution >= 0.6 is 0 Å². The molecule has 3 heterocycles. The lowest BCUT2D eigenvalue weighted by Gasteiger charge is -2.53. The smallest absolute Gasteiger partial charge is 0.302 e. The maximum absolute atomic E-state index is 11.7. The molecule has 3 fully saturated rings. The minimum atomic E-state index is -0.157. The quantitative estimate of drug-likeness (QED) is 0.597. The van der Waals surface area contributed by atoms with E-state index in [9.17, 15) is 4.79 Å². The molecule has 0 unspecified atom stereocenters. The molecule has 1 aromatic carbocycles. The van der Waals surface area contributed by atoms with E-state index < -0.39 is 0 Å². The molecule has 2 aliphatic carbocycles. The molecule has 6 rings (SSSR count). The van der Waals surface area contributed by atoms with Gasteiger partial charge in [-0.2, -0.15) is 0 Å².